The molecule has 0 spiro atoms. The van der Waals surface area contributed by atoms with Crippen LogP contribution in [0.1, 0.15) is 16.4 Å². The fourth-order valence-electron chi connectivity index (χ4n) is 3.40. The van der Waals surface area contributed by atoms with Gasteiger partial charge in [-0.2, -0.15) is 5.26 Å². The zero-order valence-electron chi connectivity index (χ0n) is 15.5. The molecule has 5 nitrogen and oxygen atoms in total. The van der Waals surface area contributed by atoms with Gasteiger partial charge in [0.15, 0.2) is 3.95 Å². The molecular weight excluding hydrogens is 386 g/mol. The molecule has 1 aliphatic heterocycles. The summed E-state index contributed by atoms with van der Waals surface area (Å²) in [7, 11) is 4.00. The normalized spacial score (nSPS) is 15.5. The van der Waals surface area contributed by atoms with Crippen molar-refractivity contribution in [2.75, 3.05) is 24.3 Å². The van der Waals surface area contributed by atoms with Gasteiger partial charge in [-0.3, -0.25) is 4.57 Å². The number of benzene rings is 2. The van der Waals surface area contributed by atoms with Crippen LogP contribution in [0.15, 0.2) is 66.0 Å². The number of rotatable bonds is 3. The van der Waals surface area contributed by atoms with Crippen LogP contribution < -0.4 is 16.0 Å². The summed E-state index contributed by atoms with van der Waals surface area (Å²) in [6, 6.07) is 20.4. The average molecular weight is 406 g/mol. The van der Waals surface area contributed by atoms with Crippen molar-refractivity contribution in [2.45, 2.75) is 5.92 Å². The standard InChI is InChI=1S/C21H19N5S2/c1-25(2)14-10-8-13(9-11-14)17-16(12-22)19(23)24-20-18(17)28-21(27)26(20)15-6-4-3-5-7-15/h3-11,17,24H,23H2,1-2H3. The van der Waals surface area contributed by atoms with E-state index < -0.39 is 0 Å². The average Bonchev–Trinajstić information content (AvgIpc) is 3.02. The first kappa shape index (κ1) is 18.3. The van der Waals surface area contributed by atoms with Crippen LogP contribution in [0.25, 0.3) is 5.69 Å². The van der Waals surface area contributed by atoms with Gasteiger partial charge >= 0.3 is 0 Å². The molecule has 0 aliphatic carbocycles. The van der Waals surface area contributed by atoms with E-state index in [1.165, 1.54) is 11.3 Å². The van der Waals surface area contributed by atoms with E-state index in [2.05, 4.69) is 35.7 Å². The van der Waals surface area contributed by atoms with Gasteiger partial charge in [-0.05, 0) is 42.0 Å². The van der Waals surface area contributed by atoms with Crippen LogP contribution in [0.4, 0.5) is 11.5 Å². The van der Waals surface area contributed by atoms with Crippen LogP contribution in [-0.2, 0) is 0 Å². The van der Waals surface area contributed by atoms with Crippen molar-refractivity contribution in [1.29, 1.82) is 5.26 Å². The zero-order chi connectivity index (χ0) is 19.8. The van der Waals surface area contributed by atoms with E-state index in [1.54, 1.807) is 0 Å². The lowest BCUT2D eigenvalue weighted by molar-refractivity contribution is 0.922. The highest BCUT2D eigenvalue weighted by molar-refractivity contribution is 7.73. The van der Waals surface area contributed by atoms with Gasteiger partial charge in [0.05, 0.1) is 22.4 Å². The number of fused-ring (bicyclic) bond motifs is 1. The summed E-state index contributed by atoms with van der Waals surface area (Å²) in [6.07, 6.45) is 0. The van der Waals surface area contributed by atoms with Gasteiger partial charge in [0, 0.05) is 25.5 Å². The quantitative estimate of drug-likeness (QED) is 0.624. The molecule has 28 heavy (non-hydrogen) atoms. The molecule has 0 saturated carbocycles. The highest BCUT2D eigenvalue weighted by atomic mass is 32.1. The summed E-state index contributed by atoms with van der Waals surface area (Å²) in [5, 5.41) is 13.0. The highest BCUT2D eigenvalue weighted by Gasteiger charge is 2.33. The lowest BCUT2D eigenvalue weighted by Gasteiger charge is -2.26. The summed E-state index contributed by atoms with van der Waals surface area (Å²) in [6.45, 7) is 0. The van der Waals surface area contributed by atoms with Crippen molar-refractivity contribution < 1.29 is 0 Å². The summed E-state index contributed by atoms with van der Waals surface area (Å²) in [4.78, 5) is 3.04. The molecule has 0 radical (unpaired) electrons. The minimum absolute atomic E-state index is 0.242. The Hall–Kier alpha value is -3.08. The second kappa shape index (κ2) is 7.15. The van der Waals surface area contributed by atoms with E-state index in [1.807, 2.05) is 53.9 Å². The number of nitrogens with zero attached hydrogens (tertiary/aromatic N) is 3. The first-order chi connectivity index (χ1) is 13.5. The molecular formula is C21H19N5S2. The summed E-state index contributed by atoms with van der Waals surface area (Å²) in [5.41, 5.74) is 9.86. The Morgan fingerprint density at radius 1 is 1.14 bits per heavy atom. The van der Waals surface area contributed by atoms with Crippen LogP contribution in [0.5, 0.6) is 0 Å². The van der Waals surface area contributed by atoms with Gasteiger partial charge in [0.2, 0.25) is 0 Å². The van der Waals surface area contributed by atoms with Gasteiger partial charge < -0.3 is 16.0 Å². The molecule has 1 aliphatic rings. The number of hydrogen-bond donors (Lipinski definition) is 2. The predicted molar refractivity (Wildman–Crippen MR) is 118 cm³/mol. The second-order valence-electron chi connectivity index (χ2n) is 6.73. The molecule has 4 rings (SSSR count). The fourth-order valence-corrected chi connectivity index (χ4v) is 4.96. The molecule has 0 bridgehead atoms. The molecule has 7 heteroatoms. The zero-order valence-corrected chi connectivity index (χ0v) is 17.1. The molecule has 0 amide bonds. The van der Waals surface area contributed by atoms with Crippen LogP contribution in [-0.4, -0.2) is 18.7 Å². The Morgan fingerprint density at radius 2 is 1.82 bits per heavy atom. The second-order valence-corrected chi connectivity index (χ2v) is 8.41. The molecule has 2 aromatic carbocycles. The number of nitrogens with two attached hydrogens (primary N) is 1. The number of aromatic nitrogens is 1. The Labute approximate surface area is 173 Å². The molecule has 3 aromatic rings. The summed E-state index contributed by atoms with van der Waals surface area (Å²) >= 11 is 7.18. The third-order valence-electron chi connectivity index (χ3n) is 4.81. The summed E-state index contributed by atoms with van der Waals surface area (Å²) < 4.78 is 2.70. The van der Waals surface area contributed by atoms with Gasteiger partial charge in [0.1, 0.15) is 11.6 Å². The maximum absolute atomic E-state index is 9.79. The molecule has 2 heterocycles. The van der Waals surface area contributed by atoms with Crippen LogP contribution >= 0.6 is 23.6 Å². The smallest absolute Gasteiger partial charge is 0.167 e. The van der Waals surface area contributed by atoms with Crippen molar-refractivity contribution in [3.63, 3.8) is 0 Å². The highest BCUT2D eigenvalue weighted by Crippen LogP contribution is 2.45. The first-order valence-corrected chi connectivity index (χ1v) is 9.99. The lowest BCUT2D eigenvalue weighted by atomic mass is 9.88. The molecule has 0 saturated heterocycles. The van der Waals surface area contributed by atoms with Crippen LogP contribution in [0.2, 0.25) is 0 Å². The van der Waals surface area contributed by atoms with E-state index in [0.717, 1.165) is 27.6 Å². The van der Waals surface area contributed by atoms with Crippen LogP contribution in [0, 0.1) is 15.3 Å². The topological polar surface area (TPSA) is 70.0 Å². The van der Waals surface area contributed by atoms with E-state index in [-0.39, 0.29) is 5.92 Å². The van der Waals surface area contributed by atoms with Crippen LogP contribution in [0.3, 0.4) is 0 Å². The third kappa shape index (κ3) is 2.97. The molecule has 1 aromatic heterocycles. The third-order valence-corrected chi connectivity index (χ3v) is 6.25. The number of anilines is 2. The van der Waals surface area contributed by atoms with E-state index >= 15 is 0 Å². The number of para-hydroxylation sites is 1. The number of thiazole rings is 1. The predicted octanol–water partition coefficient (Wildman–Crippen LogP) is 4.59. The first-order valence-electron chi connectivity index (χ1n) is 8.76. The van der Waals surface area contributed by atoms with Crippen molar-refractivity contribution in [3.05, 3.63) is 80.4 Å². The molecule has 1 unspecified atom stereocenters. The SMILES string of the molecule is CN(C)c1ccc(C2C(C#N)=C(N)Nc3c2sc(=S)n3-c2ccccc2)cc1. The van der Waals surface area contributed by atoms with Gasteiger partial charge in [-0.25, -0.2) is 0 Å². The summed E-state index contributed by atoms with van der Waals surface area (Å²) in [5.74, 6) is 0.961. The van der Waals surface area contributed by atoms with Crippen molar-refractivity contribution in [2.24, 2.45) is 5.73 Å². The Bertz CT molecular complexity index is 1150. The van der Waals surface area contributed by atoms with E-state index in [4.69, 9.17) is 18.0 Å². The number of allylic oxidation sites excluding steroid dienone is 1. The monoisotopic (exact) mass is 405 g/mol. The largest absolute Gasteiger partial charge is 0.384 e. The lowest BCUT2D eigenvalue weighted by Crippen LogP contribution is -2.23. The number of nitriles is 1. The maximum Gasteiger partial charge on any atom is 0.167 e. The van der Waals surface area contributed by atoms with Crippen molar-refractivity contribution >= 4 is 35.1 Å². The van der Waals surface area contributed by atoms with Gasteiger partial charge in [-0.1, -0.05) is 30.3 Å². The van der Waals surface area contributed by atoms with E-state index in [9.17, 15) is 5.26 Å². The van der Waals surface area contributed by atoms with E-state index in [0.29, 0.717) is 15.3 Å². The van der Waals surface area contributed by atoms with Crippen molar-refractivity contribution in [1.82, 2.24) is 4.57 Å². The minimum atomic E-state index is -0.242. The molecule has 0 fully saturated rings. The van der Waals surface area contributed by atoms with Gasteiger partial charge in [-0.15, -0.1) is 11.3 Å². The fraction of sp³-hybridized carbons (Fsp3) is 0.143. The minimum Gasteiger partial charge on any atom is -0.384 e. The van der Waals surface area contributed by atoms with Gasteiger partial charge in [0.25, 0.3) is 0 Å². The Balaban J connectivity index is 1.91. The van der Waals surface area contributed by atoms with Crippen molar-refractivity contribution in [3.8, 4) is 11.8 Å². The Kier molecular flexibility index (Phi) is 4.67. The molecule has 1 atom stereocenters. The molecule has 140 valence electrons. The molecule has 3 N–H and O–H groups in total. The Morgan fingerprint density at radius 3 is 2.43 bits per heavy atom. The number of hydrogen-bond acceptors (Lipinski definition) is 6. The number of nitrogens with one attached hydrogen (secondary N) is 1. The maximum atomic E-state index is 9.79.